The molecule has 2 aromatic rings. The zero-order chi connectivity index (χ0) is 13.4. The molecular weight excluding hydrogens is 260 g/mol. The van der Waals surface area contributed by atoms with E-state index in [1.807, 2.05) is 0 Å². The Balaban J connectivity index is 2.80. The SMILES string of the molecule is COc1cc(C(=O)C(=O)O)c(Cl)c2cc(C)oc12. The molecule has 0 saturated carbocycles. The van der Waals surface area contributed by atoms with Gasteiger partial charge in [0.2, 0.25) is 0 Å². The van der Waals surface area contributed by atoms with Crippen molar-refractivity contribution in [3.05, 3.63) is 28.5 Å². The monoisotopic (exact) mass is 268 g/mol. The van der Waals surface area contributed by atoms with Crippen LogP contribution in [0.25, 0.3) is 11.0 Å². The van der Waals surface area contributed by atoms with Crippen LogP contribution in [0.5, 0.6) is 5.75 Å². The Kier molecular flexibility index (Phi) is 3.00. The van der Waals surface area contributed by atoms with E-state index in [0.717, 1.165) is 0 Å². The van der Waals surface area contributed by atoms with E-state index < -0.39 is 11.8 Å². The van der Waals surface area contributed by atoms with Gasteiger partial charge in [-0.1, -0.05) is 11.6 Å². The van der Waals surface area contributed by atoms with Gasteiger partial charge < -0.3 is 14.3 Å². The molecule has 0 aliphatic heterocycles. The molecule has 0 bridgehead atoms. The van der Waals surface area contributed by atoms with E-state index in [1.165, 1.54) is 13.2 Å². The normalized spacial score (nSPS) is 10.6. The van der Waals surface area contributed by atoms with Crippen molar-refractivity contribution in [2.75, 3.05) is 7.11 Å². The number of aryl methyl sites for hydroxylation is 1. The van der Waals surface area contributed by atoms with E-state index in [2.05, 4.69) is 0 Å². The molecule has 0 aliphatic carbocycles. The molecule has 0 aliphatic rings. The zero-order valence-electron chi connectivity index (χ0n) is 9.61. The van der Waals surface area contributed by atoms with Gasteiger partial charge >= 0.3 is 5.97 Å². The van der Waals surface area contributed by atoms with Crippen LogP contribution in [-0.4, -0.2) is 24.0 Å². The number of Topliss-reactive ketones (excluding diaryl/α,β-unsaturated/α-hetero) is 1. The highest BCUT2D eigenvalue weighted by atomic mass is 35.5. The van der Waals surface area contributed by atoms with Gasteiger partial charge in [-0.2, -0.15) is 0 Å². The van der Waals surface area contributed by atoms with E-state index >= 15 is 0 Å². The molecular formula is C12H9ClO5. The molecule has 1 N–H and O–H groups in total. The molecule has 0 radical (unpaired) electrons. The summed E-state index contributed by atoms with van der Waals surface area (Å²) in [6.45, 7) is 1.72. The summed E-state index contributed by atoms with van der Waals surface area (Å²) < 4.78 is 10.5. The molecule has 0 unspecified atom stereocenters. The number of ether oxygens (including phenoxy) is 1. The second-order valence-corrected chi connectivity index (χ2v) is 4.05. The number of hydrogen-bond acceptors (Lipinski definition) is 4. The van der Waals surface area contributed by atoms with Crippen LogP contribution in [0.3, 0.4) is 0 Å². The van der Waals surface area contributed by atoms with Gasteiger partial charge in [0.25, 0.3) is 5.78 Å². The number of benzene rings is 1. The summed E-state index contributed by atoms with van der Waals surface area (Å²) in [5, 5.41) is 9.24. The minimum atomic E-state index is -1.57. The first kappa shape index (κ1) is 12.4. The van der Waals surface area contributed by atoms with Crippen molar-refractivity contribution in [1.82, 2.24) is 0 Å². The van der Waals surface area contributed by atoms with Gasteiger partial charge in [-0.3, -0.25) is 4.79 Å². The molecule has 18 heavy (non-hydrogen) atoms. The number of fused-ring (bicyclic) bond motifs is 1. The lowest BCUT2D eigenvalue weighted by molar-refractivity contribution is -0.131. The van der Waals surface area contributed by atoms with Crippen LogP contribution in [0.1, 0.15) is 16.1 Å². The van der Waals surface area contributed by atoms with E-state index in [-0.39, 0.29) is 16.3 Å². The van der Waals surface area contributed by atoms with Crippen molar-refractivity contribution in [2.24, 2.45) is 0 Å². The van der Waals surface area contributed by atoms with E-state index in [1.54, 1.807) is 13.0 Å². The lowest BCUT2D eigenvalue weighted by Gasteiger charge is -2.06. The summed E-state index contributed by atoms with van der Waals surface area (Å²) in [6, 6.07) is 2.89. The lowest BCUT2D eigenvalue weighted by Crippen LogP contribution is -2.13. The maximum atomic E-state index is 11.5. The quantitative estimate of drug-likeness (QED) is 0.684. The Labute approximate surface area is 107 Å². The minimum absolute atomic E-state index is 0.0510. The number of carboxylic acids is 1. The third-order valence-corrected chi connectivity index (χ3v) is 2.89. The van der Waals surface area contributed by atoms with Crippen LogP contribution in [0.4, 0.5) is 0 Å². The number of carboxylic acid groups (broad SMARTS) is 1. The van der Waals surface area contributed by atoms with Crippen LogP contribution < -0.4 is 4.74 Å². The highest BCUT2D eigenvalue weighted by Crippen LogP contribution is 2.37. The molecule has 2 rings (SSSR count). The number of halogens is 1. The molecule has 0 saturated heterocycles. The summed E-state index contributed by atoms with van der Waals surface area (Å²) in [4.78, 5) is 22.2. The second kappa shape index (κ2) is 4.34. The third kappa shape index (κ3) is 1.82. The third-order valence-electron chi connectivity index (χ3n) is 2.49. The Morgan fingerprint density at radius 3 is 2.61 bits per heavy atom. The molecule has 1 aromatic carbocycles. The number of carbonyl (C=O) groups excluding carboxylic acids is 1. The number of methoxy groups -OCH3 is 1. The highest BCUT2D eigenvalue weighted by Gasteiger charge is 2.23. The standard InChI is InChI=1S/C12H9ClO5/c1-5-3-7-9(13)6(10(14)12(15)16)4-8(17-2)11(7)18-5/h3-4H,1-2H3,(H,15,16). The molecule has 5 nitrogen and oxygen atoms in total. The molecule has 0 amide bonds. The van der Waals surface area contributed by atoms with Crippen LogP contribution in [0.15, 0.2) is 16.5 Å². The maximum Gasteiger partial charge on any atom is 0.377 e. The molecule has 0 atom stereocenters. The topological polar surface area (TPSA) is 76.7 Å². The van der Waals surface area contributed by atoms with Gasteiger partial charge in [0.05, 0.1) is 17.7 Å². The van der Waals surface area contributed by atoms with Gasteiger partial charge in [0.15, 0.2) is 11.3 Å². The summed E-state index contributed by atoms with van der Waals surface area (Å²) >= 11 is 6.02. The van der Waals surface area contributed by atoms with Gasteiger partial charge in [0, 0.05) is 5.39 Å². The van der Waals surface area contributed by atoms with Crippen LogP contribution in [-0.2, 0) is 4.79 Å². The van der Waals surface area contributed by atoms with Crippen molar-refractivity contribution in [3.8, 4) is 5.75 Å². The smallest absolute Gasteiger partial charge is 0.377 e. The fraction of sp³-hybridized carbons (Fsp3) is 0.167. The highest BCUT2D eigenvalue weighted by molar-refractivity contribution is 6.47. The van der Waals surface area contributed by atoms with Crippen molar-refractivity contribution in [3.63, 3.8) is 0 Å². The number of ketones is 1. The Bertz CT molecular complexity index is 656. The predicted molar refractivity (Wildman–Crippen MR) is 64.5 cm³/mol. The number of aliphatic carboxylic acids is 1. The predicted octanol–water partition coefficient (Wildman–Crippen LogP) is 2.67. The van der Waals surface area contributed by atoms with Crippen molar-refractivity contribution in [2.45, 2.75) is 6.92 Å². The van der Waals surface area contributed by atoms with E-state index in [0.29, 0.717) is 16.7 Å². The van der Waals surface area contributed by atoms with Crippen molar-refractivity contribution >= 4 is 34.3 Å². The molecule has 0 fully saturated rings. The van der Waals surface area contributed by atoms with E-state index in [9.17, 15) is 9.59 Å². The van der Waals surface area contributed by atoms with E-state index in [4.69, 9.17) is 25.9 Å². The number of carbonyl (C=O) groups is 2. The number of furan rings is 1. The van der Waals surface area contributed by atoms with Crippen molar-refractivity contribution in [1.29, 1.82) is 0 Å². The fourth-order valence-electron chi connectivity index (χ4n) is 1.70. The first-order chi connectivity index (χ1) is 8.45. The second-order valence-electron chi connectivity index (χ2n) is 3.67. The van der Waals surface area contributed by atoms with Crippen molar-refractivity contribution < 1.29 is 23.8 Å². The molecule has 1 aromatic heterocycles. The minimum Gasteiger partial charge on any atom is -0.493 e. The van der Waals surface area contributed by atoms with Gasteiger partial charge in [-0.05, 0) is 19.1 Å². The molecule has 94 valence electrons. The van der Waals surface area contributed by atoms with Crippen LogP contribution in [0.2, 0.25) is 5.02 Å². The molecule has 0 spiro atoms. The first-order valence-corrected chi connectivity index (χ1v) is 5.37. The Morgan fingerprint density at radius 2 is 2.06 bits per heavy atom. The zero-order valence-corrected chi connectivity index (χ0v) is 10.4. The average Bonchev–Trinajstić information content (AvgIpc) is 2.71. The molecule has 6 heteroatoms. The number of hydrogen-bond donors (Lipinski definition) is 1. The summed E-state index contributed by atoms with van der Waals surface area (Å²) in [5.41, 5.74) is 0.274. The maximum absolute atomic E-state index is 11.5. The Morgan fingerprint density at radius 1 is 1.39 bits per heavy atom. The summed E-state index contributed by atoms with van der Waals surface area (Å²) in [6.07, 6.45) is 0. The van der Waals surface area contributed by atoms with Gasteiger partial charge in [-0.15, -0.1) is 0 Å². The van der Waals surface area contributed by atoms with Crippen LogP contribution in [0, 0.1) is 6.92 Å². The van der Waals surface area contributed by atoms with Gasteiger partial charge in [-0.25, -0.2) is 4.79 Å². The average molecular weight is 269 g/mol. The Hall–Kier alpha value is -2.01. The van der Waals surface area contributed by atoms with Gasteiger partial charge in [0.1, 0.15) is 5.76 Å². The lowest BCUT2D eigenvalue weighted by atomic mass is 10.1. The fourth-order valence-corrected chi connectivity index (χ4v) is 1.98. The first-order valence-electron chi connectivity index (χ1n) is 5.00. The van der Waals surface area contributed by atoms with Crippen LogP contribution >= 0.6 is 11.6 Å². The largest absolute Gasteiger partial charge is 0.493 e. The molecule has 1 heterocycles. The summed E-state index contributed by atoms with van der Waals surface area (Å²) in [7, 11) is 1.40. The summed E-state index contributed by atoms with van der Waals surface area (Å²) in [5.74, 6) is -1.80. The number of rotatable bonds is 3.